The van der Waals surface area contributed by atoms with Crippen LogP contribution in [0.15, 0.2) is 72.9 Å². The van der Waals surface area contributed by atoms with E-state index in [1.807, 2.05) is 27.2 Å². The Balaban J connectivity index is 4.62. The molecule has 0 aromatic heterocycles. The zero-order valence-electron chi connectivity index (χ0n) is 33.8. The molecule has 3 unspecified atom stereocenters. The second-order valence-electron chi connectivity index (χ2n) is 14.6. The average molecular weight is 750 g/mol. The van der Waals surface area contributed by atoms with Crippen molar-refractivity contribution in [3.63, 3.8) is 0 Å². The number of aliphatic hydroxyl groups is 1. The molecule has 0 fully saturated rings. The van der Waals surface area contributed by atoms with E-state index in [0.717, 1.165) is 57.8 Å². The lowest BCUT2D eigenvalue weighted by Crippen LogP contribution is -2.45. The Hall–Kier alpha value is -2.06. The number of hydrogen-bond donors (Lipinski definition) is 3. The number of nitrogens with zero attached hydrogens (tertiary/aromatic N) is 1. The summed E-state index contributed by atoms with van der Waals surface area (Å²) >= 11 is 0. The van der Waals surface area contributed by atoms with E-state index in [4.69, 9.17) is 9.05 Å². The summed E-state index contributed by atoms with van der Waals surface area (Å²) in [6, 6.07) is -0.878. The van der Waals surface area contributed by atoms with Gasteiger partial charge in [0.15, 0.2) is 0 Å². The second kappa shape index (κ2) is 34.7. The van der Waals surface area contributed by atoms with Crippen molar-refractivity contribution < 1.29 is 32.9 Å². The first-order valence-electron chi connectivity index (χ1n) is 20.3. The van der Waals surface area contributed by atoms with Crippen LogP contribution in [-0.4, -0.2) is 73.4 Å². The van der Waals surface area contributed by atoms with E-state index in [9.17, 15) is 19.4 Å². The van der Waals surface area contributed by atoms with Crippen LogP contribution in [0.2, 0.25) is 0 Å². The highest BCUT2D eigenvalue weighted by molar-refractivity contribution is 7.47. The fourth-order valence-electron chi connectivity index (χ4n) is 5.19. The lowest BCUT2D eigenvalue weighted by molar-refractivity contribution is -0.870. The zero-order valence-corrected chi connectivity index (χ0v) is 34.7. The molecule has 0 aliphatic rings. The Bertz CT molecular complexity index is 1080. The van der Waals surface area contributed by atoms with Gasteiger partial charge in [0.1, 0.15) is 13.2 Å². The molecule has 0 spiro atoms. The van der Waals surface area contributed by atoms with Gasteiger partial charge in [0.05, 0.1) is 39.9 Å². The SMILES string of the molecule is CC/C=C\C/C=C\C/C=C\C/C=C\C/C=C\CCCC(=O)NC(COP(=O)(O)OCC[N+](C)(C)C)C(O)/C=C/CCCCCCCCCCCCC. The van der Waals surface area contributed by atoms with Gasteiger partial charge in [-0.3, -0.25) is 13.8 Å². The zero-order chi connectivity index (χ0) is 38.6. The van der Waals surface area contributed by atoms with Crippen molar-refractivity contribution in [2.24, 2.45) is 0 Å². The molecule has 0 rings (SSSR count). The van der Waals surface area contributed by atoms with Gasteiger partial charge < -0.3 is 19.8 Å². The number of unbranched alkanes of at least 4 members (excludes halogenated alkanes) is 12. The molecule has 0 aromatic rings. The number of carbonyl (C=O) groups is 1. The average Bonchev–Trinajstić information content (AvgIpc) is 3.09. The van der Waals surface area contributed by atoms with Crippen molar-refractivity contribution in [2.45, 2.75) is 154 Å². The Labute approximate surface area is 319 Å². The first-order valence-corrected chi connectivity index (χ1v) is 21.8. The van der Waals surface area contributed by atoms with E-state index in [-0.39, 0.29) is 25.5 Å². The number of amides is 1. The Kier molecular flexibility index (Phi) is 33.3. The molecule has 0 saturated carbocycles. The normalized spacial score (nSPS) is 15.3. The number of aliphatic hydroxyl groups excluding tert-OH is 1. The van der Waals surface area contributed by atoms with Gasteiger partial charge >= 0.3 is 7.82 Å². The van der Waals surface area contributed by atoms with Crippen molar-refractivity contribution in [2.75, 3.05) is 40.9 Å². The molecule has 52 heavy (non-hydrogen) atoms. The third-order valence-electron chi connectivity index (χ3n) is 8.43. The number of likely N-dealkylation sites (N-methyl/N-ethyl adjacent to an activating group) is 1. The third kappa shape index (κ3) is 36.3. The van der Waals surface area contributed by atoms with Crippen LogP contribution >= 0.6 is 7.82 Å². The topological polar surface area (TPSA) is 105 Å². The van der Waals surface area contributed by atoms with Crippen molar-refractivity contribution in [1.29, 1.82) is 0 Å². The highest BCUT2D eigenvalue weighted by Crippen LogP contribution is 2.43. The lowest BCUT2D eigenvalue weighted by atomic mass is 10.0. The van der Waals surface area contributed by atoms with Crippen LogP contribution in [-0.2, 0) is 18.4 Å². The van der Waals surface area contributed by atoms with Crippen LogP contribution in [0.3, 0.4) is 0 Å². The van der Waals surface area contributed by atoms with Crippen molar-refractivity contribution in [1.82, 2.24) is 5.32 Å². The van der Waals surface area contributed by atoms with E-state index in [1.165, 1.54) is 57.8 Å². The number of quaternary nitrogens is 1. The third-order valence-corrected chi connectivity index (χ3v) is 9.42. The van der Waals surface area contributed by atoms with E-state index >= 15 is 0 Å². The van der Waals surface area contributed by atoms with Gasteiger partial charge in [-0.2, -0.15) is 0 Å². The van der Waals surface area contributed by atoms with Crippen molar-refractivity contribution in [3.05, 3.63) is 72.9 Å². The monoisotopic (exact) mass is 750 g/mol. The molecule has 9 heteroatoms. The maximum Gasteiger partial charge on any atom is 0.472 e. The summed E-state index contributed by atoms with van der Waals surface area (Å²) in [6.07, 6.45) is 45.4. The fraction of sp³-hybridized carbons (Fsp3) is 0.698. The van der Waals surface area contributed by atoms with Crippen LogP contribution in [0.5, 0.6) is 0 Å². The summed E-state index contributed by atoms with van der Waals surface area (Å²) in [5, 5.41) is 13.7. The standard InChI is InChI=1S/C43H77N2O6P/c1-6-8-10-12-14-16-18-20-21-22-23-25-27-29-31-33-35-37-43(47)44-41(40-51-52(48,49)50-39-38-45(3,4)5)42(46)36-34-32-30-28-26-24-19-17-15-13-11-9-7-2/h8,10,14,16,20-21,23,25,29,31,34,36,41-42,46H,6-7,9,11-13,15,17-19,22,24,26-28,30,32-33,35,37-40H2,1-5H3,(H-,44,47,48,49)/p+1/b10-8-,16-14-,21-20-,25-23-,31-29-,36-34+. The Morgan fingerprint density at radius 3 is 1.67 bits per heavy atom. The molecule has 0 aliphatic carbocycles. The predicted octanol–water partition coefficient (Wildman–Crippen LogP) is 10.9. The fourth-order valence-corrected chi connectivity index (χ4v) is 5.93. The maximum absolute atomic E-state index is 12.8. The number of phosphoric ester groups is 1. The van der Waals surface area contributed by atoms with Gasteiger partial charge in [-0.05, 0) is 57.8 Å². The predicted molar refractivity (Wildman–Crippen MR) is 221 cm³/mol. The molecule has 0 saturated heterocycles. The molecule has 0 aliphatic heterocycles. The summed E-state index contributed by atoms with van der Waals surface area (Å²) in [5.41, 5.74) is 0. The Morgan fingerprint density at radius 2 is 1.15 bits per heavy atom. The van der Waals surface area contributed by atoms with Crippen LogP contribution in [0.1, 0.15) is 142 Å². The second-order valence-corrected chi connectivity index (χ2v) is 16.1. The molecule has 0 radical (unpaired) electrons. The van der Waals surface area contributed by atoms with Gasteiger partial charge in [0.25, 0.3) is 0 Å². The number of nitrogens with one attached hydrogen (secondary N) is 1. The highest BCUT2D eigenvalue weighted by Gasteiger charge is 2.27. The molecular formula is C43H78N2O6P+. The van der Waals surface area contributed by atoms with E-state index in [0.29, 0.717) is 17.4 Å². The maximum atomic E-state index is 12.8. The molecule has 0 heterocycles. The summed E-state index contributed by atoms with van der Waals surface area (Å²) in [5.74, 6) is -0.238. The molecule has 3 N–H and O–H groups in total. The molecule has 0 aromatic carbocycles. The summed E-state index contributed by atoms with van der Waals surface area (Å²) < 4.78 is 23.4. The van der Waals surface area contributed by atoms with Gasteiger partial charge in [-0.25, -0.2) is 4.57 Å². The number of phosphoric acid groups is 1. The van der Waals surface area contributed by atoms with Crippen LogP contribution < -0.4 is 5.32 Å². The van der Waals surface area contributed by atoms with Crippen LogP contribution in [0, 0.1) is 0 Å². The van der Waals surface area contributed by atoms with Gasteiger partial charge in [-0.15, -0.1) is 0 Å². The number of rotatable bonds is 35. The smallest absolute Gasteiger partial charge is 0.387 e. The van der Waals surface area contributed by atoms with E-state index < -0.39 is 20.0 Å². The Morgan fingerprint density at radius 1 is 0.673 bits per heavy atom. The first-order chi connectivity index (χ1) is 25.0. The minimum Gasteiger partial charge on any atom is -0.387 e. The number of hydrogen-bond acceptors (Lipinski definition) is 5. The van der Waals surface area contributed by atoms with Crippen LogP contribution in [0.25, 0.3) is 0 Å². The molecule has 300 valence electrons. The summed E-state index contributed by atoms with van der Waals surface area (Å²) in [6.45, 7) is 4.62. The minimum absolute atomic E-state index is 0.0471. The van der Waals surface area contributed by atoms with Crippen molar-refractivity contribution in [3.8, 4) is 0 Å². The number of allylic oxidation sites excluding steroid dienone is 11. The molecule has 1 amide bonds. The minimum atomic E-state index is -4.35. The van der Waals surface area contributed by atoms with Gasteiger partial charge in [0.2, 0.25) is 5.91 Å². The lowest BCUT2D eigenvalue weighted by Gasteiger charge is -2.25. The van der Waals surface area contributed by atoms with Gasteiger partial charge in [-0.1, -0.05) is 151 Å². The highest BCUT2D eigenvalue weighted by atomic mass is 31.2. The summed E-state index contributed by atoms with van der Waals surface area (Å²) in [4.78, 5) is 23.0. The quantitative estimate of drug-likeness (QED) is 0.0258. The largest absolute Gasteiger partial charge is 0.472 e. The summed E-state index contributed by atoms with van der Waals surface area (Å²) in [7, 11) is 1.52. The molecule has 8 nitrogen and oxygen atoms in total. The molecule has 3 atom stereocenters. The van der Waals surface area contributed by atoms with E-state index in [2.05, 4.69) is 79.9 Å². The van der Waals surface area contributed by atoms with Gasteiger partial charge in [0, 0.05) is 6.42 Å². The van der Waals surface area contributed by atoms with E-state index in [1.54, 1.807) is 6.08 Å². The van der Waals surface area contributed by atoms with Crippen molar-refractivity contribution >= 4 is 13.7 Å². The number of carbonyl (C=O) groups excluding carboxylic acids is 1. The molecule has 0 bridgehead atoms. The first kappa shape index (κ1) is 49.9. The van der Waals surface area contributed by atoms with Crippen LogP contribution in [0.4, 0.5) is 0 Å². The molecular weight excluding hydrogens is 671 g/mol.